The molecule has 0 bridgehead atoms. The zero-order valence-corrected chi connectivity index (χ0v) is 7.21. The fraction of sp³-hybridized carbons (Fsp3) is 0.571. The van der Waals surface area contributed by atoms with Crippen molar-refractivity contribution in [3.63, 3.8) is 0 Å². The highest BCUT2D eigenvalue weighted by molar-refractivity contribution is 5.72. The maximum absolute atomic E-state index is 12.4. The maximum Gasteiger partial charge on any atom is 0.460 e. The summed E-state index contributed by atoms with van der Waals surface area (Å²) in [6.07, 6.45) is -7.34. The van der Waals surface area contributed by atoms with Gasteiger partial charge in [-0.1, -0.05) is 0 Å². The maximum atomic E-state index is 12.4. The van der Waals surface area contributed by atoms with Crippen molar-refractivity contribution in [2.75, 3.05) is 0 Å². The summed E-state index contributed by atoms with van der Waals surface area (Å²) < 4.78 is 83.8. The molecule has 0 N–H and O–H groups in total. The number of halogens is 7. The molecular formula is C7H5F7O. The van der Waals surface area contributed by atoms with Gasteiger partial charge in [0.1, 0.15) is 6.29 Å². The molecule has 0 rings (SSSR count). The molecular weight excluding hydrogens is 233 g/mol. The Morgan fingerprint density at radius 1 is 1.00 bits per heavy atom. The largest absolute Gasteiger partial charge is 0.460 e. The molecule has 0 aromatic rings. The van der Waals surface area contributed by atoms with Crippen LogP contribution in [0.15, 0.2) is 11.6 Å². The topological polar surface area (TPSA) is 17.1 Å². The Kier molecular flexibility index (Phi) is 3.55. The van der Waals surface area contributed by atoms with Crippen LogP contribution in [0.25, 0.3) is 0 Å². The van der Waals surface area contributed by atoms with Gasteiger partial charge >= 0.3 is 18.0 Å². The zero-order chi connectivity index (χ0) is 12.5. The summed E-state index contributed by atoms with van der Waals surface area (Å²) in [5.74, 6) is -11.7. The van der Waals surface area contributed by atoms with Crippen LogP contribution in [0.5, 0.6) is 0 Å². The molecule has 0 aliphatic carbocycles. The number of hydrogen-bond donors (Lipinski definition) is 0. The minimum Gasteiger partial charge on any atom is -0.298 e. The SMILES string of the molecule is C/C(C=O)=C\C(F)(F)C(F)(F)C(F)(F)F. The molecule has 88 valence electrons. The lowest BCUT2D eigenvalue weighted by Gasteiger charge is -2.25. The average molecular weight is 238 g/mol. The highest BCUT2D eigenvalue weighted by Gasteiger charge is 2.72. The molecule has 0 heterocycles. The van der Waals surface area contributed by atoms with Crippen molar-refractivity contribution in [3.8, 4) is 0 Å². The summed E-state index contributed by atoms with van der Waals surface area (Å²) in [5, 5.41) is 0. The summed E-state index contributed by atoms with van der Waals surface area (Å²) in [4.78, 5) is 9.83. The Morgan fingerprint density at radius 3 is 1.67 bits per heavy atom. The monoisotopic (exact) mass is 238 g/mol. The van der Waals surface area contributed by atoms with Gasteiger partial charge in [0.25, 0.3) is 0 Å². The summed E-state index contributed by atoms with van der Waals surface area (Å²) in [6.45, 7) is 0.688. The van der Waals surface area contributed by atoms with E-state index in [2.05, 4.69) is 0 Å². The lowest BCUT2D eigenvalue weighted by atomic mass is 10.1. The van der Waals surface area contributed by atoms with Gasteiger partial charge in [-0.2, -0.15) is 30.7 Å². The Morgan fingerprint density at radius 2 is 1.40 bits per heavy atom. The standard InChI is InChI=1S/C7H5F7O/c1-4(3-15)2-5(8,9)6(10,11)7(12,13)14/h2-3H,1H3/b4-2+. The quantitative estimate of drug-likeness (QED) is 0.419. The van der Waals surface area contributed by atoms with E-state index < -0.39 is 29.7 Å². The summed E-state index contributed by atoms with van der Waals surface area (Å²) in [6, 6.07) is 0. The number of aldehydes is 1. The van der Waals surface area contributed by atoms with Gasteiger partial charge in [-0.3, -0.25) is 4.79 Å². The van der Waals surface area contributed by atoms with Crippen LogP contribution in [0, 0.1) is 0 Å². The van der Waals surface area contributed by atoms with Crippen LogP contribution in [0.3, 0.4) is 0 Å². The van der Waals surface area contributed by atoms with E-state index >= 15 is 0 Å². The fourth-order valence-electron chi connectivity index (χ4n) is 0.600. The molecule has 0 unspecified atom stereocenters. The molecule has 0 aliphatic heterocycles. The van der Waals surface area contributed by atoms with E-state index in [4.69, 9.17) is 0 Å². The Balaban J connectivity index is 5.28. The Hall–Kier alpha value is -1.08. The molecule has 0 saturated heterocycles. The fourth-order valence-corrected chi connectivity index (χ4v) is 0.600. The van der Waals surface area contributed by atoms with E-state index in [1.54, 1.807) is 0 Å². The van der Waals surface area contributed by atoms with E-state index in [-0.39, 0.29) is 6.29 Å². The van der Waals surface area contributed by atoms with E-state index in [9.17, 15) is 35.5 Å². The van der Waals surface area contributed by atoms with Crippen LogP contribution in [0.1, 0.15) is 6.92 Å². The van der Waals surface area contributed by atoms with E-state index in [0.717, 1.165) is 0 Å². The highest BCUT2D eigenvalue weighted by Crippen LogP contribution is 2.47. The molecule has 0 aromatic heterocycles. The van der Waals surface area contributed by atoms with Gasteiger partial charge < -0.3 is 0 Å². The van der Waals surface area contributed by atoms with Crippen molar-refractivity contribution in [2.45, 2.75) is 24.9 Å². The number of carbonyl (C=O) groups excluding carboxylic acids is 1. The van der Waals surface area contributed by atoms with Crippen molar-refractivity contribution in [1.29, 1.82) is 0 Å². The van der Waals surface area contributed by atoms with Crippen LogP contribution in [-0.4, -0.2) is 24.3 Å². The van der Waals surface area contributed by atoms with Gasteiger partial charge in [0.15, 0.2) is 0 Å². The van der Waals surface area contributed by atoms with E-state index in [1.807, 2.05) is 0 Å². The van der Waals surface area contributed by atoms with Gasteiger partial charge in [0, 0.05) is 0 Å². The predicted molar refractivity (Wildman–Crippen MR) is 35.8 cm³/mol. The summed E-state index contributed by atoms with van der Waals surface area (Å²) in [5.41, 5.74) is -0.913. The van der Waals surface area contributed by atoms with E-state index in [1.165, 1.54) is 0 Å². The van der Waals surface area contributed by atoms with Crippen LogP contribution >= 0.6 is 0 Å². The molecule has 0 aromatic carbocycles. The lowest BCUT2D eigenvalue weighted by molar-refractivity contribution is -0.341. The van der Waals surface area contributed by atoms with E-state index in [0.29, 0.717) is 6.92 Å². The molecule has 0 amide bonds. The minimum atomic E-state index is -6.38. The molecule has 0 aliphatic rings. The van der Waals surface area contributed by atoms with Gasteiger partial charge in [0.05, 0.1) is 0 Å². The number of allylic oxidation sites excluding steroid dienone is 2. The Bertz CT molecular complexity index is 276. The minimum absolute atomic E-state index is 0.250. The second kappa shape index (κ2) is 3.82. The average Bonchev–Trinajstić information content (AvgIpc) is 2.00. The third kappa shape index (κ3) is 2.69. The van der Waals surface area contributed by atoms with Crippen LogP contribution < -0.4 is 0 Å². The Labute approximate surface area is 79.6 Å². The van der Waals surface area contributed by atoms with Crippen molar-refractivity contribution < 1.29 is 35.5 Å². The van der Waals surface area contributed by atoms with Gasteiger partial charge in [-0.25, -0.2) is 0 Å². The lowest BCUT2D eigenvalue weighted by Crippen LogP contribution is -2.51. The smallest absolute Gasteiger partial charge is 0.298 e. The number of hydrogen-bond acceptors (Lipinski definition) is 1. The molecule has 15 heavy (non-hydrogen) atoms. The zero-order valence-electron chi connectivity index (χ0n) is 7.21. The number of rotatable bonds is 3. The van der Waals surface area contributed by atoms with Gasteiger partial charge in [-0.05, 0) is 18.6 Å². The van der Waals surface area contributed by atoms with Crippen molar-refractivity contribution in [2.24, 2.45) is 0 Å². The summed E-state index contributed by atoms with van der Waals surface area (Å²) in [7, 11) is 0. The molecule has 0 fully saturated rings. The second-order valence-electron chi connectivity index (χ2n) is 2.70. The number of alkyl halides is 7. The molecule has 0 saturated carbocycles. The van der Waals surface area contributed by atoms with Gasteiger partial charge in [-0.15, -0.1) is 0 Å². The number of carbonyl (C=O) groups is 1. The summed E-state index contributed by atoms with van der Waals surface area (Å²) >= 11 is 0. The van der Waals surface area contributed by atoms with Crippen molar-refractivity contribution in [3.05, 3.63) is 11.6 Å². The second-order valence-corrected chi connectivity index (χ2v) is 2.70. The first-order valence-corrected chi connectivity index (χ1v) is 3.42. The first kappa shape index (κ1) is 13.9. The van der Waals surface area contributed by atoms with Gasteiger partial charge in [0.2, 0.25) is 0 Å². The van der Waals surface area contributed by atoms with Crippen LogP contribution in [0.2, 0.25) is 0 Å². The van der Waals surface area contributed by atoms with Crippen molar-refractivity contribution >= 4 is 6.29 Å². The molecule has 0 spiro atoms. The predicted octanol–water partition coefficient (Wildman–Crippen LogP) is 2.96. The molecule has 0 radical (unpaired) electrons. The first-order chi connectivity index (χ1) is 6.45. The molecule has 0 atom stereocenters. The van der Waals surface area contributed by atoms with Crippen LogP contribution in [0.4, 0.5) is 30.7 Å². The normalized spacial score (nSPS) is 15.3. The highest BCUT2D eigenvalue weighted by atomic mass is 19.4. The van der Waals surface area contributed by atoms with Crippen LogP contribution in [-0.2, 0) is 4.79 Å². The third-order valence-corrected chi connectivity index (χ3v) is 1.37. The first-order valence-electron chi connectivity index (χ1n) is 3.42. The third-order valence-electron chi connectivity index (χ3n) is 1.37. The molecule has 1 nitrogen and oxygen atoms in total. The molecule has 8 heteroatoms. The van der Waals surface area contributed by atoms with Crippen molar-refractivity contribution in [1.82, 2.24) is 0 Å².